The highest BCUT2D eigenvalue weighted by molar-refractivity contribution is 4.88. The fourth-order valence-corrected chi connectivity index (χ4v) is 0.112. The molecule has 0 aliphatic rings. The lowest BCUT2D eigenvalue weighted by atomic mass is 10.5. The summed E-state index contributed by atoms with van der Waals surface area (Å²) in [5.41, 5.74) is 0. The highest BCUT2D eigenvalue weighted by atomic mass is 16.3. The van der Waals surface area contributed by atoms with E-state index in [0.29, 0.717) is 6.42 Å². The van der Waals surface area contributed by atoms with Crippen LogP contribution >= 0.6 is 0 Å². The molecule has 0 rings (SSSR count). The van der Waals surface area contributed by atoms with Gasteiger partial charge in [0.1, 0.15) is 6.11 Å². The summed E-state index contributed by atoms with van der Waals surface area (Å²) in [7, 11) is 0. The van der Waals surface area contributed by atoms with Crippen molar-refractivity contribution in [2.24, 2.45) is 0 Å². The molecule has 0 fully saturated rings. The molecule has 0 amide bonds. The summed E-state index contributed by atoms with van der Waals surface area (Å²) in [6.45, 7) is 0.0214. The molecule has 0 heterocycles. The van der Waals surface area contributed by atoms with Crippen molar-refractivity contribution >= 4 is 0 Å². The predicted octanol–water partition coefficient (Wildman–Crippen LogP) is -0.0484. The summed E-state index contributed by atoms with van der Waals surface area (Å²) in [5, 5.41) is 15.7. The fraction of sp³-hybridized carbons (Fsp3) is 0.333. The van der Waals surface area contributed by atoms with E-state index < -0.39 is 0 Å². The molecule has 0 aromatic carbocycles. The largest absolute Gasteiger partial charge is 0.462 e. The van der Waals surface area contributed by atoms with Gasteiger partial charge in [0, 0.05) is 6.42 Å². The molecule has 0 aliphatic heterocycles. The molecule has 0 aromatic rings. The van der Waals surface area contributed by atoms with E-state index in [1.165, 1.54) is 0 Å². The Hall–Kier alpha value is -1.12. The van der Waals surface area contributed by atoms with Gasteiger partial charge in [0.2, 0.25) is 0 Å². The molecular weight excluding hydrogens is 104 g/mol. The molecule has 8 heavy (non-hydrogen) atoms. The van der Waals surface area contributed by atoms with Crippen molar-refractivity contribution in [1.82, 2.24) is 0 Å². The second-order valence-corrected chi connectivity index (χ2v) is 0.762. The SMILES string of the molecule is C#C.OC#CCCO. The van der Waals surface area contributed by atoms with Crippen LogP contribution in [0.1, 0.15) is 6.42 Å². The van der Waals surface area contributed by atoms with E-state index >= 15 is 0 Å². The Morgan fingerprint density at radius 3 is 2.00 bits per heavy atom. The first-order valence-electron chi connectivity index (χ1n) is 1.98. The van der Waals surface area contributed by atoms with Gasteiger partial charge < -0.3 is 10.2 Å². The maximum absolute atomic E-state index is 7.98. The quantitative estimate of drug-likeness (QED) is 0.467. The summed E-state index contributed by atoms with van der Waals surface area (Å²) in [6, 6.07) is 0. The second kappa shape index (κ2) is 16.9. The van der Waals surface area contributed by atoms with Crippen LogP contribution in [0.15, 0.2) is 0 Å². The topological polar surface area (TPSA) is 40.5 Å². The van der Waals surface area contributed by atoms with Crippen molar-refractivity contribution < 1.29 is 10.2 Å². The Morgan fingerprint density at radius 1 is 1.38 bits per heavy atom. The van der Waals surface area contributed by atoms with E-state index in [1.54, 1.807) is 6.11 Å². The van der Waals surface area contributed by atoms with Crippen molar-refractivity contribution in [2.75, 3.05) is 6.61 Å². The minimum absolute atomic E-state index is 0.0214. The molecule has 2 heteroatoms. The zero-order valence-corrected chi connectivity index (χ0v) is 4.46. The van der Waals surface area contributed by atoms with Gasteiger partial charge >= 0.3 is 0 Å². The van der Waals surface area contributed by atoms with Gasteiger partial charge in [0.25, 0.3) is 0 Å². The Balaban J connectivity index is 0. The predicted molar refractivity (Wildman–Crippen MR) is 31.3 cm³/mol. The van der Waals surface area contributed by atoms with E-state index in [9.17, 15) is 0 Å². The van der Waals surface area contributed by atoms with Crippen LogP contribution in [0.4, 0.5) is 0 Å². The van der Waals surface area contributed by atoms with Crippen molar-refractivity contribution in [3.63, 3.8) is 0 Å². The Morgan fingerprint density at radius 2 is 1.88 bits per heavy atom. The summed E-state index contributed by atoms with van der Waals surface area (Å²) >= 11 is 0. The van der Waals surface area contributed by atoms with Gasteiger partial charge in [-0.3, -0.25) is 0 Å². The number of terminal acetylenes is 1. The summed E-state index contributed by atoms with van der Waals surface area (Å²) in [6.07, 6.45) is 10.0. The van der Waals surface area contributed by atoms with Crippen LogP contribution in [0.25, 0.3) is 0 Å². The number of rotatable bonds is 1. The molecule has 44 valence electrons. The van der Waals surface area contributed by atoms with E-state index in [-0.39, 0.29) is 6.61 Å². The molecule has 0 aliphatic carbocycles. The standard InChI is InChI=1S/C4H6O2.C2H2/c5-3-1-2-4-6;1-2/h5-6H,1,3H2;1-2H. The normalized spacial score (nSPS) is 4.88. The van der Waals surface area contributed by atoms with Gasteiger partial charge in [-0.2, -0.15) is 0 Å². The van der Waals surface area contributed by atoms with E-state index in [0.717, 1.165) is 0 Å². The number of aliphatic hydroxyl groups excluding tert-OH is 2. The zero-order chi connectivity index (χ0) is 6.83. The zero-order valence-electron chi connectivity index (χ0n) is 4.46. The van der Waals surface area contributed by atoms with Gasteiger partial charge in [0.15, 0.2) is 0 Å². The van der Waals surface area contributed by atoms with Crippen LogP contribution in [0.3, 0.4) is 0 Å². The van der Waals surface area contributed by atoms with Crippen LogP contribution in [0.5, 0.6) is 0 Å². The molecule has 0 unspecified atom stereocenters. The molecule has 0 saturated carbocycles. The van der Waals surface area contributed by atoms with Gasteiger partial charge in [-0.1, -0.05) is 5.92 Å². The Bertz CT molecular complexity index is 94.1. The number of hydrogen-bond acceptors (Lipinski definition) is 2. The lowest BCUT2D eigenvalue weighted by Crippen LogP contribution is -1.74. The van der Waals surface area contributed by atoms with Gasteiger partial charge in [-0.15, -0.1) is 12.8 Å². The highest BCUT2D eigenvalue weighted by Crippen LogP contribution is 1.64. The lowest BCUT2D eigenvalue weighted by Gasteiger charge is -1.71. The third-order valence-corrected chi connectivity index (χ3v) is 0.316. The molecule has 0 saturated heterocycles. The summed E-state index contributed by atoms with van der Waals surface area (Å²) in [5.74, 6) is 2.25. The van der Waals surface area contributed by atoms with Gasteiger partial charge in [0.05, 0.1) is 6.61 Å². The molecular formula is C6H8O2. The Kier molecular flexibility index (Phi) is 21.1. The first kappa shape index (κ1) is 9.99. The summed E-state index contributed by atoms with van der Waals surface area (Å²) in [4.78, 5) is 0. The second-order valence-electron chi connectivity index (χ2n) is 0.762. The monoisotopic (exact) mass is 112 g/mol. The highest BCUT2D eigenvalue weighted by Gasteiger charge is 1.65. The van der Waals surface area contributed by atoms with Crippen LogP contribution in [0, 0.1) is 24.9 Å². The number of aliphatic hydroxyl groups is 2. The molecule has 0 bridgehead atoms. The maximum Gasteiger partial charge on any atom is 0.107 e. The summed E-state index contributed by atoms with van der Waals surface area (Å²) < 4.78 is 0. The minimum Gasteiger partial charge on any atom is -0.462 e. The maximum atomic E-state index is 7.98. The van der Waals surface area contributed by atoms with Crippen molar-refractivity contribution in [2.45, 2.75) is 6.42 Å². The van der Waals surface area contributed by atoms with Crippen LogP contribution < -0.4 is 0 Å². The van der Waals surface area contributed by atoms with Gasteiger partial charge in [-0.05, 0) is 0 Å². The Labute approximate surface area is 49.2 Å². The third-order valence-electron chi connectivity index (χ3n) is 0.316. The van der Waals surface area contributed by atoms with Crippen molar-refractivity contribution in [3.8, 4) is 24.9 Å². The van der Waals surface area contributed by atoms with E-state index in [2.05, 4.69) is 18.8 Å². The lowest BCUT2D eigenvalue weighted by molar-refractivity contribution is 0.304. The van der Waals surface area contributed by atoms with Crippen LogP contribution in [0.2, 0.25) is 0 Å². The first-order chi connectivity index (χ1) is 3.91. The van der Waals surface area contributed by atoms with Crippen LogP contribution in [-0.4, -0.2) is 16.8 Å². The molecule has 0 aromatic heterocycles. The van der Waals surface area contributed by atoms with E-state index in [1.807, 2.05) is 0 Å². The van der Waals surface area contributed by atoms with Crippen molar-refractivity contribution in [3.05, 3.63) is 0 Å². The van der Waals surface area contributed by atoms with E-state index in [4.69, 9.17) is 10.2 Å². The van der Waals surface area contributed by atoms with Gasteiger partial charge in [-0.25, -0.2) is 0 Å². The minimum atomic E-state index is 0.0214. The number of hydrogen-bond donors (Lipinski definition) is 2. The molecule has 0 atom stereocenters. The smallest absolute Gasteiger partial charge is 0.107 e. The third kappa shape index (κ3) is 20.8. The molecule has 0 radical (unpaired) electrons. The average Bonchev–Trinajstić information content (AvgIpc) is 1.88. The average molecular weight is 112 g/mol. The van der Waals surface area contributed by atoms with Crippen molar-refractivity contribution in [1.29, 1.82) is 0 Å². The molecule has 2 N–H and O–H groups in total. The first-order valence-corrected chi connectivity index (χ1v) is 1.98. The van der Waals surface area contributed by atoms with Crippen LogP contribution in [-0.2, 0) is 0 Å². The fourth-order valence-electron chi connectivity index (χ4n) is 0.112. The molecule has 2 nitrogen and oxygen atoms in total. The molecule has 0 spiro atoms.